The van der Waals surface area contributed by atoms with Crippen LogP contribution in [0, 0.1) is 0 Å². The van der Waals surface area contributed by atoms with Crippen molar-refractivity contribution in [2.45, 2.75) is 51.2 Å². The van der Waals surface area contributed by atoms with Gasteiger partial charge < -0.3 is 28.4 Å². The van der Waals surface area contributed by atoms with E-state index in [-0.39, 0.29) is 26.4 Å². The molecule has 1 atom stereocenters. The Morgan fingerprint density at radius 3 is 1.53 bits per heavy atom. The van der Waals surface area contributed by atoms with Crippen LogP contribution in [-0.2, 0) is 48.1 Å². The lowest BCUT2D eigenvalue weighted by molar-refractivity contribution is -0.151. The lowest BCUT2D eigenvalue weighted by Crippen LogP contribution is -2.35. The van der Waals surface area contributed by atoms with Crippen LogP contribution in [0.4, 0.5) is 0 Å². The van der Waals surface area contributed by atoms with Gasteiger partial charge in [0.2, 0.25) is 0 Å². The van der Waals surface area contributed by atoms with Gasteiger partial charge in [-0.3, -0.25) is 14.1 Å². The molecule has 12 heteroatoms. The van der Waals surface area contributed by atoms with Crippen LogP contribution in [0.3, 0.4) is 0 Å². The van der Waals surface area contributed by atoms with Crippen LogP contribution in [0.15, 0.2) is 0 Å². The van der Waals surface area contributed by atoms with Crippen molar-refractivity contribution in [1.29, 1.82) is 0 Å². The van der Waals surface area contributed by atoms with Crippen molar-refractivity contribution in [3.63, 3.8) is 0 Å². The predicted octanol–water partition coefficient (Wildman–Crippen LogP) is 1.39. The van der Waals surface area contributed by atoms with Crippen LogP contribution >= 0.6 is 0 Å². The second-order valence-electron chi connectivity index (χ2n) is 6.75. The normalized spacial score (nSPS) is 12.5. The highest BCUT2D eigenvalue weighted by atomic mass is 32.2. The molecule has 0 aromatic rings. The van der Waals surface area contributed by atoms with Crippen molar-refractivity contribution in [3.8, 4) is 0 Å². The van der Waals surface area contributed by atoms with Crippen molar-refractivity contribution < 1.29 is 51.0 Å². The van der Waals surface area contributed by atoms with Gasteiger partial charge in [-0.2, -0.15) is 8.42 Å². The molecule has 0 heterocycles. The molecule has 1 unspecified atom stereocenters. The third-order valence-electron chi connectivity index (χ3n) is 3.97. The largest absolute Gasteiger partial charge is 0.463 e. The van der Waals surface area contributed by atoms with Gasteiger partial charge in [0.05, 0.1) is 46.1 Å². The van der Waals surface area contributed by atoms with Crippen LogP contribution in [-0.4, -0.2) is 96.2 Å². The van der Waals surface area contributed by atoms with E-state index in [1.54, 1.807) is 0 Å². The molecule has 190 valence electrons. The summed E-state index contributed by atoms with van der Waals surface area (Å²) in [6, 6.07) is 0. The van der Waals surface area contributed by atoms with Gasteiger partial charge in [0.1, 0.15) is 13.2 Å². The molecule has 0 saturated carbocycles. The quantitative estimate of drug-likeness (QED) is 0.135. The topological polar surface area (TPSA) is 144 Å². The molecule has 32 heavy (non-hydrogen) atoms. The number of esters is 2. The highest BCUT2D eigenvalue weighted by Crippen LogP contribution is 2.09. The smallest absolute Gasteiger partial charge is 0.327 e. The Hall–Kier alpha value is -1.31. The van der Waals surface area contributed by atoms with E-state index >= 15 is 0 Å². The minimum Gasteiger partial charge on any atom is -0.463 e. The van der Waals surface area contributed by atoms with E-state index in [0.717, 1.165) is 25.7 Å². The number of ether oxygens (including phenoxy) is 6. The van der Waals surface area contributed by atoms with Gasteiger partial charge >= 0.3 is 11.9 Å². The molecule has 0 aliphatic rings. The first-order valence-corrected chi connectivity index (χ1v) is 12.4. The Morgan fingerprint density at radius 1 is 0.688 bits per heavy atom. The predicted molar refractivity (Wildman–Crippen MR) is 115 cm³/mol. The van der Waals surface area contributed by atoms with E-state index in [1.807, 2.05) is 0 Å². The molecule has 0 rings (SSSR count). The Balaban J connectivity index is 4.02. The van der Waals surface area contributed by atoms with Gasteiger partial charge in [-0.1, -0.05) is 26.7 Å². The molecular formula is C20H38O11S. The first kappa shape index (κ1) is 30.7. The van der Waals surface area contributed by atoms with Crippen LogP contribution in [0.25, 0.3) is 0 Å². The number of hydrogen-bond donors (Lipinski definition) is 1. The Labute approximate surface area is 190 Å². The average molecular weight is 487 g/mol. The highest BCUT2D eigenvalue weighted by Gasteiger charge is 2.35. The Kier molecular flexibility index (Phi) is 19.5. The summed E-state index contributed by atoms with van der Waals surface area (Å²) in [6.45, 7) is 6.58. The minimum atomic E-state index is -4.85. The molecule has 0 saturated heterocycles. The molecule has 11 nitrogen and oxygen atoms in total. The molecule has 0 spiro atoms. The molecule has 0 fully saturated rings. The summed E-state index contributed by atoms with van der Waals surface area (Å²) in [5, 5.41) is -2.07. The summed E-state index contributed by atoms with van der Waals surface area (Å²) < 4.78 is 62.8. The van der Waals surface area contributed by atoms with Gasteiger partial charge in [0.15, 0.2) is 5.25 Å². The van der Waals surface area contributed by atoms with Gasteiger partial charge in [-0.05, 0) is 12.8 Å². The van der Waals surface area contributed by atoms with E-state index in [0.29, 0.717) is 39.6 Å². The van der Waals surface area contributed by atoms with Crippen molar-refractivity contribution in [2.75, 3.05) is 66.1 Å². The van der Waals surface area contributed by atoms with E-state index in [2.05, 4.69) is 13.8 Å². The van der Waals surface area contributed by atoms with Gasteiger partial charge in [-0.15, -0.1) is 0 Å². The maximum Gasteiger partial charge on any atom is 0.327 e. The number of carbonyl (C=O) groups excluding carboxylic acids is 2. The van der Waals surface area contributed by atoms with Crippen molar-refractivity contribution in [3.05, 3.63) is 0 Å². The highest BCUT2D eigenvalue weighted by molar-refractivity contribution is 7.87. The zero-order valence-corrected chi connectivity index (χ0v) is 19.9. The number of carbonyl (C=O) groups is 2. The van der Waals surface area contributed by atoms with Crippen LogP contribution < -0.4 is 0 Å². The fraction of sp³-hybridized carbons (Fsp3) is 0.900. The summed E-state index contributed by atoms with van der Waals surface area (Å²) in [5.41, 5.74) is 0. The zero-order chi connectivity index (χ0) is 24.1. The standard InChI is InChI=1S/C20H38O11S/c1-3-5-7-26-9-11-28-13-15-30-19(21)17-18(32(23,24)25)20(22)31-16-14-29-12-10-27-8-6-4-2/h18H,3-17H2,1-2H3,(H,23,24,25). The molecule has 0 aromatic heterocycles. The fourth-order valence-electron chi connectivity index (χ4n) is 2.17. The fourth-order valence-corrected chi connectivity index (χ4v) is 2.82. The van der Waals surface area contributed by atoms with Crippen molar-refractivity contribution >= 4 is 22.1 Å². The second kappa shape index (κ2) is 20.3. The minimum absolute atomic E-state index is 0.0189. The molecule has 0 aromatic carbocycles. The van der Waals surface area contributed by atoms with Crippen LogP contribution in [0.5, 0.6) is 0 Å². The first-order chi connectivity index (χ1) is 15.3. The van der Waals surface area contributed by atoms with E-state index in [1.165, 1.54) is 0 Å². The second-order valence-corrected chi connectivity index (χ2v) is 8.35. The number of unbranched alkanes of at least 4 members (excludes halogenated alkanes) is 2. The summed E-state index contributed by atoms with van der Waals surface area (Å²) >= 11 is 0. The number of rotatable bonds is 22. The summed E-state index contributed by atoms with van der Waals surface area (Å²) in [7, 11) is -4.85. The lowest BCUT2D eigenvalue weighted by Gasteiger charge is -2.13. The summed E-state index contributed by atoms with van der Waals surface area (Å²) in [4.78, 5) is 23.8. The van der Waals surface area contributed by atoms with E-state index in [4.69, 9.17) is 28.4 Å². The van der Waals surface area contributed by atoms with E-state index < -0.39 is 33.7 Å². The van der Waals surface area contributed by atoms with Crippen molar-refractivity contribution in [2.24, 2.45) is 0 Å². The van der Waals surface area contributed by atoms with Crippen LogP contribution in [0.2, 0.25) is 0 Å². The molecule has 0 amide bonds. The molecule has 1 N–H and O–H groups in total. The first-order valence-electron chi connectivity index (χ1n) is 10.9. The molecule has 0 aliphatic carbocycles. The Morgan fingerprint density at radius 2 is 1.09 bits per heavy atom. The molecular weight excluding hydrogens is 448 g/mol. The monoisotopic (exact) mass is 486 g/mol. The van der Waals surface area contributed by atoms with Crippen LogP contribution in [0.1, 0.15) is 46.0 Å². The molecule has 0 radical (unpaired) electrons. The third-order valence-corrected chi connectivity index (χ3v) is 5.04. The van der Waals surface area contributed by atoms with Gasteiger partial charge in [0.25, 0.3) is 10.1 Å². The van der Waals surface area contributed by atoms with Crippen molar-refractivity contribution in [1.82, 2.24) is 0 Å². The molecule has 0 aliphatic heterocycles. The average Bonchev–Trinajstić information content (AvgIpc) is 2.74. The third kappa shape index (κ3) is 18.3. The molecule has 0 bridgehead atoms. The van der Waals surface area contributed by atoms with Gasteiger partial charge in [0, 0.05) is 13.2 Å². The summed E-state index contributed by atoms with van der Waals surface area (Å²) in [6.07, 6.45) is 3.12. The maximum absolute atomic E-state index is 12.0. The Bertz CT molecular complexity index is 580. The maximum atomic E-state index is 12.0. The zero-order valence-electron chi connectivity index (χ0n) is 19.1. The number of hydrogen-bond acceptors (Lipinski definition) is 10. The van der Waals surface area contributed by atoms with Gasteiger partial charge in [-0.25, -0.2) is 0 Å². The summed E-state index contributed by atoms with van der Waals surface area (Å²) in [5.74, 6) is -2.24. The lowest BCUT2D eigenvalue weighted by atomic mass is 10.3. The van der Waals surface area contributed by atoms with E-state index in [9.17, 15) is 22.6 Å². The SMILES string of the molecule is CCCCOCCOCCOC(=O)CC(C(=O)OCCOCCOCCCC)S(=O)(=O)O.